The summed E-state index contributed by atoms with van der Waals surface area (Å²) in [4.78, 5) is 12.6. The Kier molecular flexibility index (Phi) is 6.41. The SMILES string of the molecule is CCNc1nnc(SCC(=O)Nc2cc(-c3ccccc3)nn2-c2ccccc2)s1. The van der Waals surface area contributed by atoms with Crippen molar-refractivity contribution in [1.29, 1.82) is 0 Å². The van der Waals surface area contributed by atoms with Crippen molar-refractivity contribution < 1.29 is 4.79 Å². The Hall–Kier alpha value is -3.17. The molecule has 0 spiro atoms. The van der Waals surface area contributed by atoms with Crippen LogP contribution in [-0.2, 0) is 4.79 Å². The standard InChI is InChI=1S/C21H20N6OS2/c1-2-22-20-24-25-21(30-20)29-14-19(28)23-18-13-17(15-9-5-3-6-10-15)26-27(18)16-11-7-4-8-12-16/h3-13H,2,14H2,1H3,(H,22,24)(H,23,28). The van der Waals surface area contributed by atoms with E-state index in [4.69, 9.17) is 5.10 Å². The zero-order valence-electron chi connectivity index (χ0n) is 16.3. The summed E-state index contributed by atoms with van der Waals surface area (Å²) in [6.07, 6.45) is 0. The van der Waals surface area contributed by atoms with Gasteiger partial charge in [-0.3, -0.25) is 4.79 Å². The van der Waals surface area contributed by atoms with Crippen LogP contribution in [0.25, 0.3) is 16.9 Å². The number of nitrogens with zero attached hydrogens (tertiary/aromatic N) is 4. The second kappa shape index (κ2) is 9.55. The molecule has 0 saturated carbocycles. The topological polar surface area (TPSA) is 84.7 Å². The van der Waals surface area contributed by atoms with Gasteiger partial charge in [-0.05, 0) is 19.1 Å². The molecular weight excluding hydrogens is 416 g/mol. The van der Waals surface area contributed by atoms with E-state index >= 15 is 0 Å². The van der Waals surface area contributed by atoms with Crippen molar-refractivity contribution in [2.75, 3.05) is 22.9 Å². The lowest BCUT2D eigenvalue weighted by atomic mass is 10.2. The largest absolute Gasteiger partial charge is 0.360 e. The third-order valence-electron chi connectivity index (χ3n) is 4.11. The number of nitrogens with one attached hydrogen (secondary N) is 2. The molecule has 0 radical (unpaired) electrons. The smallest absolute Gasteiger partial charge is 0.235 e. The Morgan fingerprint density at radius 3 is 2.53 bits per heavy atom. The third-order valence-corrected chi connectivity index (χ3v) is 6.12. The molecule has 152 valence electrons. The summed E-state index contributed by atoms with van der Waals surface area (Å²) >= 11 is 2.80. The molecule has 4 rings (SSSR count). The second-order valence-corrected chi connectivity index (χ2v) is 8.47. The van der Waals surface area contributed by atoms with E-state index in [0.29, 0.717) is 5.82 Å². The van der Waals surface area contributed by atoms with E-state index in [9.17, 15) is 4.79 Å². The molecule has 0 aliphatic heterocycles. The van der Waals surface area contributed by atoms with Crippen LogP contribution in [0.1, 0.15) is 6.92 Å². The maximum atomic E-state index is 12.6. The van der Waals surface area contributed by atoms with Crippen LogP contribution in [0.5, 0.6) is 0 Å². The summed E-state index contributed by atoms with van der Waals surface area (Å²) in [6, 6.07) is 21.5. The molecule has 1 amide bonds. The van der Waals surface area contributed by atoms with Gasteiger partial charge in [0, 0.05) is 18.2 Å². The van der Waals surface area contributed by atoms with Gasteiger partial charge in [0.2, 0.25) is 11.0 Å². The molecule has 2 heterocycles. The fraction of sp³-hybridized carbons (Fsp3) is 0.143. The highest BCUT2D eigenvalue weighted by atomic mass is 32.2. The first-order valence-corrected chi connectivity index (χ1v) is 11.2. The third kappa shape index (κ3) is 4.87. The van der Waals surface area contributed by atoms with Gasteiger partial charge in [-0.25, -0.2) is 4.68 Å². The summed E-state index contributed by atoms with van der Waals surface area (Å²) in [6.45, 7) is 2.79. The first kappa shape index (κ1) is 20.1. The molecule has 7 nitrogen and oxygen atoms in total. The lowest BCUT2D eigenvalue weighted by Crippen LogP contribution is -2.16. The average molecular weight is 437 g/mol. The van der Waals surface area contributed by atoms with Gasteiger partial charge in [-0.15, -0.1) is 10.2 Å². The Bertz CT molecular complexity index is 1110. The molecule has 0 aliphatic carbocycles. The van der Waals surface area contributed by atoms with Gasteiger partial charge in [0.25, 0.3) is 0 Å². The normalized spacial score (nSPS) is 10.7. The van der Waals surface area contributed by atoms with E-state index in [1.54, 1.807) is 4.68 Å². The number of para-hydroxylation sites is 1. The molecule has 0 bridgehead atoms. The van der Waals surface area contributed by atoms with E-state index in [2.05, 4.69) is 20.8 Å². The van der Waals surface area contributed by atoms with Gasteiger partial charge in [-0.1, -0.05) is 71.6 Å². The molecular formula is C21H20N6OS2. The fourth-order valence-corrected chi connectivity index (χ4v) is 4.40. The van der Waals surface area contributed by atoms with Crippen molar-refractivity contribution in [2.24, 2.45) is 0 Å². The van der Waals surface area contributed by atoms with Crippen LogP contribution in [0, 0.1) is 0 Å². The van der Waals surface area contributed by atoms with Crippen molar-refractivity contribution in [3.8, 4) is 16.9 Å². The fourth-order valence-electron chi connectivity index (χ4n) is 2.78. The van der Waals surface area contributed by atoms with E-state index in [-0.39, 0.29) is 11.7 Å². The first-order valence-electron chi connectivity index (χ1n) is 9.44. The van der Waals surface area contributed by atoms with Gasteiger partial charge < -0.3 is 10.6 Å². The summed E-state index contributed by atoms with van der Waals surface area (Å²) in [5.74, 6) is 0.731. The molecule has 0 aliphatic rings. The number of carbonyl (C=O) groups is 1. The van der Waals surface area contributed by atoms with E-state index in [1.807, 2.05) is 73.7 Å². The molecule has 0 unspecified atom stereocenters. The van der Waals surface area contributed by atoms with Crippen molar-refractivity contribution in [1.82, 2.24) is 20.0 Å². The predicted octanol–water partition coefficient (Wildman–Crippen LogP) is 4.55. The summed E-state index contributed by atoms with van der Waals surface area (Å²) in [5.41, 5.74) is 2.66. The maximum Gasteiger partial charge on any atom is 0.235 e. The summed E-state index contributed by atoms with van der Waals surface area (Å²) < 4.78 is 2.50. The van der Waals surface area contributed by atoms with Crippen molar-refractivity contribution >= 4 is 40.0 Å². The molecule has 0 atom stereocenters. The van der Waals surface area contributed by atoms with E-state index in [1.165, 1.54) is 23.1 Å². The molecule has 30 heavy (non-hydrogen) atoms. The molecule has 2 aromatic heterocycles. The Labute approximate surface area is 182 Å². The van der Waals surface area contributed by atoms with Crippen LogP contribution in [0.2, 0.25) is 0 Å². The van der Waals surface area contributed by atoms with E-state index in [0.717, 1.165) is 33.0 Å². The van der Waals surface area contributed by atoms with Crippen LogP contribution in [0.15, 0.2) is 71.1 Å². The zero-order valence-corrected chi connectivity index (χ0v) is 17.9. The predicted molar refractivity (Wildman–Crippen MR) is 122 cm³/mol. The van der Waals surface area contributed by atoms with Crippen LogP contribution >= 0.6 is 23.1 Å². The number of hydrogen-bond donors (Lipinski definition) is 2. The minimum Gasteiger partial charge on any atom is -0.360 e. The molecule has 4 aromatic rings. The summed E-state index contributed by atoms with van der Waals surface area (Å²) in [5, 5.41) is 19.7. The summed E-state index contributed by atoms with van der Waals surface area (Å²) in [7, 11) is 0. The van der Waals surface area contributed by atoms with Crippen LogP contribution < -0.4 is 10.6 Å². The lowest BCUT2D eigenvalue weighted by Gasteiger charge is -2.08. The van der Waals surface area contributed by atoms with Gasteiger partial charge in [0.15, 0.2) is 4.34 Å². The van der Waals surface area contributed by atoms with Gasteiger partial charge in [-0.2, -0.15) is 5.10 Å². The second-order valence-electron chi connectivity index (χ2n) is 6.27. The molecule has 2 N–H and O–H groups in total. The maximum absolute atomic E-state index is 12.6. The van der Waals surface area contributed by atoms with Gasteiger partial charge in [0.1, 0.15) is 5.82 Å². The van der Waals surface area contributed by atoms with Crippen molar-refractivity contribution in [3.63, 3.8) is 0 Å². The molecule has 0 saturated heterocycles. The van der Waals surface area contributed by atoms with Gasteiger partial charge >= 0.3 is 0 Å². The van der Waals surface area contributed by atoms with Crippen LogP contribution in [0.4, 0.5) is 10.9 Å². The molecule has 2 aromatic carbocycles. The number of anilines is 2. The lowest BCUT2D eigenvalue weighted by molar-refractivity contribution is -0.113. The number of rotatable bonds is 8. The molecule has 0 fully saturated rings. The Morgan fingerprint density at radius 2 is 1.80 bits per heavy atom. The highest BCUT2D eigenvalue weighted by molar-refractivity contribution is 8.01. The highest BCUT2D eigenvalue weighted by Gasteiger charge is 2.15. The highest BCUT2D eigenvalue weighted by Crippen LogP contribution is 2.27. The molecule has 9 heteroatoms. The average Bonchev–Trinajstić information content (AvgIpc) is 3.41. The van der Waals surface area contributed by atoms with Crippen molar-refractivity contribution in [3.05, 3.63) is 66.7 Å². The van der Waals surface area contributed by atoms with E-state index < -0.39 is 0 Å². The number of aromatic nitrogens is 4. The number of thioether (sulfide) groups is 1. The number of benzene rings is 2. The van der Waals surface area contributed by atoms with Crippen LogP contribution in [0.3, 0.4) is 0 Å². The number of carbonyl (C=O) groups excluding carboxylic acids is 1. The minimum absolute atomic E-state index is 0.128. The van der Waals surface area contributed by atoms with Crippen LogP contribution in [-0.4, -0.2) is 38.2 Å². The number of amides is 1. The van der Waals surface area contributed by atoms with Gasteiger partial charge in [0.05, 0.1) is 17.1 Å². The number of hydrogen-bond acceptors (Lipinski definition) is 7. The van der Waals surface area contributed by atoms with Crippen molar-refractivity contribution in [2.45, 2.75) is 11.3 Å². The quantitative estimate of drug-likeness (QED) is 0.394. The Morgan fingerprint density at radius 1 is 1.07 bits per heavy atom. The zero-order chi connectivity index (χ0) is 20.8. The monoisotopic (exact) mass is 436 g/mol. The minimum atomic E-state index is -0.128. The Balaban J connectivity index is 1.51. The first-order chi connectivity index (χ1) is 14.7.